The summed E-state index contributed by atoms with van der Waals surface area (Å²) in [5, 5.41) is 0.966. The van der Waals surface area contributed by atoms with Gasteiger partial charge in [0.1, 0.15) is 17.7 Å². The first-order valence-corrected chi connectivity index (χ1v) is 7.56. The Kier molecular flexibility index (Phi) is 3.24. The number of anilines is 1. The molecule has 4 nitrogen and oxygen atoms in total. The third-order valence-corrected chi connectivity index (χ3v) is 4.02. The second-order valence-electron chi connectivity index (χ2n) is 5.42. The lowest BCUT2D eigenvalue weighted by molar-refractivity contribution is 0.949. The van der Waals surface area contributed by atoms with Gasteiger partial charge in [0.25, 0.3) is 0 Å². The van der Waals surface area contributed by atoms with Crippen LogP contribution >= 0.6 is 0 Å². The summed E-state index contributed by atoms with van der Waals surface area (Å²) in [5.41, 5.74) is 3.88. The Morgan fingerprint density at radius 1 is 1.00 bits per heavy atom. The fourth-order valence-corrected chi connectivity index (χ4v) is 2.91. The maximum absolute atomic E-state index is 4.30. The molecular weight excluding hydrogens is 272 g/mol. The molecule has 22 heavy (non-hydrogen) atoms. The van der Waals surface area contributed by atoms with E-state index in [2.05, 4.69) is 49.9 Å². The van der Waals surface area contributed by atoms with Crippen LogP contribution in [0.15, 0.2) is 42.9 Å². The Morgan fingerprint density at radius 3 is 2.77 bits per heavy atom. The summed E-state index contributed by atoms with van der Waals surface area (Å²) >= 11 is 0. The van der Waals surface area contributed by atoms with Crippen LogP contribution in [0.2, 0.25) is 0 Å². The first-order chi connectivity index (χ1) is 10.9. The molecular formula is C18H16N4. The molecule has 0 bridgehead atoms. The van der Waals surface area contributed by atoms with Crippen molar-refractivity contribution in [1.82, 2.24) is 15.0 Å². The number of fused-ring (bicyclic) bond motifs is 1. The number of nitrogens with one attached hydrogen (secondary N) is 1. The molecule has 1 fully saturated rings. The topological polar surface area (TPSA) is 44.8 Å². The van der Waals surface area contributed by atoms with Crippen molar-refractivity contribution in [1.29, 1.82) is 0 Å². The monoisotopic (exact) mass is 288 g/mol. The number of benzene rings is 1. The summed E-state index contributed by atoms with van der Waals surface area (Å²) in [6.45, 7) is 2.24. The summed E-state index contributed by atoms with van der Waals surface area (Å²) in [6.07, 6.45) is 5.94. The first kappa shape index (κ1) is 12.9. The van der Waals surface area contributed by atoms with Gasteiger partial charge in [0, 0.05) is 24.8 Å². The minimum atomic E-state index is 0.766. The normalized spacial score (nSPS) is 14.1. The molecule has 4 heteroatoms. The van der Waals surface area contributed by atoms with E-state index < -0.39 is 0 Å². The predicted molar refractivity (Wildman–Crippen MR) is 87.8 cm³/mol. The molecule has 1 N–H and O–H groups in total. The number of aromatic nitrogens is 3. The highest BCUT2D eigenvalue weighted by atomic mass is 15.1. The van der Waals surface area contributed by atoms with Gasteiger partial charge in [-0.15, -0.1) is 0 Å². The molecule has 3 aromatic rings. The van der Waals surface area contributed by atoms with Crippen LogP contribution in [0.4, 0.5) is 5.69 Å². The number of nitrogens with zero attached hydrogens (tertiary/aromatic N) is 3. The van der Waals surface area contributed by atoms with E-state index in [0.29, 0.717) is 0 Å². The lowest BCUT2D eigenvalue weighted by Gasteiger charge is -2.19. The van der Waals surface area contributed by atoms with Crippen LogP contribution in [0, 0.1) is 11.8 Å². The molecule has 0 saturated carbocycles. The highest BCUT2D eigenvalue weighted by Crippen LogP contribution is 2.24. The van der Waals surface area contributed by atoms with Gasteiger partial charge in [-0.3, -0.25) is 0 Å². The molecule has 1 aliphatic rings. The molecule has 0 aliphatic carbocycles. The van der Waals surface area contributed by atoms with Crippen LogP contribution in [0.3, 0.4) is 0 Å². The molecule has 4 rings (SSSR count). The quantitative estimate of drug-likeness (QED) is 0.700. The zero-order valence-electron chi connectivity index (χ0n) is 12.2. The summed E-state index contributed by atoms with van der Waals surface area (Å²) in [4.78, 5) is 14.0. The number of H-pyrrole nitrogens is 1. The molecule has 3 heterocycles. The maximum atomic E-state index is 4.30. The van der Waals surface area contributed by atoms with Gasteiger partial charge in [-0.05, 0) is 37.0 Å². The van der Waals surface area contributed by atoms with Gasteiger partial charge in [-0.2, -0.15) is 0 Å². The van der Waals surface area contributed by atoms with Crippen molar-refractivity contribution >= 4 is 16.7 Å². The van der Waals surface area contributed by atoms with Crippen LogP contribution in [-0.2, 0) is 0 Å². The van der Waals surface area contributed by atoms with Crippen LogP contribution in [-0.4, -0.2) is 28.0 Å². The van der Waals surface area contributed by atoms with Gasteiger partial charge in [0.05, 0.1) is 11.1 Å². The number of para-hydroxylation sites is 1. The van der Waals surface area contributed by atoms with Gasteiger partial charge in [-0.25, -0.2) is 9.97 Å². The molecule has 1 aromatic carbocycles. The fourth-order valence-electron chi connectivity index (χ4n) is 2.91. The SMILES string of the molecule is C(#Cc1ncnc2[nH]ccc12)c1ccccc1N1CCCC1. The third kappa shape index (κ3) is 2.31. The molecule has 108 valence electrons. The van der Waals surface area contributed by atoms with Crippen LogP contribution in [0.5, 0.6) is 0 Å². The molecule has 0 unspecified atom stereocenters. The molecule has 1 aliphatic heterocycles. The fraction of sp³-hybridized carbons (Fsp3) is 0.222. The second-order valence-corrected chi connectivity index (χ2v) is 5.42. The third-order valence-electron chi connectivity index (χ3n) is 4.02. The Hall–Kier alpha value is -2.80. The van der Waals surface area contributed by atoms with Crippen molar-refractivity contribution in [3.63, 3.8) is 0 Å². The number of aromatic amines is 1. The van der Waals surface area contributed by atoms with Crippen molar-refractivity contribution in [2.75, 3.05) is 18.0 Å². The van der Waals surface area contributed by atoms with Crippen LogP contribution in [0.25, 0.3) is 11.0 Å². The summed E-state index contributed by atoms with van der Waals surface area (Å²) in [6, 6.07) is 10.3. The highest BCUT2D eigenvalue weighted by molar-refractivity contribution is 5.81. The summed E-state index contributed by atoms with van der Waals surface area (Å²) in [5.74, 6) is 6.50. The zero-order valence-corrected chi connectivity index (χ0v) is 12.2. The van der Waals surface area contributed by atoms with Gasteiger partial charge < -0.3 is 9.88 Å². The molecule has 0 atom stereocenters. The number of hydrogen-bond acceptors (Lipinski definition) is 3. The Bertz CT molecular complexity index is 863. The predicted octanol–water partition coefficient (Wildman–Crippen LogP) is 2.96. The average molecular weight is 288 g/mol. The van der Waals surface area contributed by atoms with E-state index in [1.165, 1.54) is 18.5 Å². The number of rotatable bonds is 1. The lowest BCUT2D eigenvalue weighted by Crippen LogP contribution is -2.18. The van der Waals surface area contributed by atoms with Crippen molar-refractivity contribution in [3.05, 3.63) is 54.1 Å². The van der Waals surface area contributed by atoms with Gasteiger partial charge >= 0.3 is 0 Å². The summed E-state index contributed by atoms with van der Waals surface area (Å²) < 4.78 is 0. The molecule has 1 saturated heterocycles. The smallest absolute Gasteiger partial charge is 0.141 e. The molecule has 0 spiro atoms. The zero-order chi connectivity index (χ0) is 14.8. The van der Waals surface area contributed by atoms with Gasteiger partial charge in [0.15, 0.2) is 0 Å². The molecule has 2 aromatic heterocycles. The average Bonchev–Trinajstić information content (AvgIpc) is 3.24. The van der Waals surface area contributed by atoms with E-state index in [1.54, 1.807) is 6.33 Å². The second kappa shape index (κ2) is 5.53. The van der Waals surface area contributed by atoms with E-state index in [-0.39, 0.29) is 0 Å². The number of hydrogen-bond donors (Lipinski definition) is 1. The van der Waals surface area contributed by atoms with E-state index in [4.69, 9.17) is 0 Å². The Morgan fingerprint density at radius 2 is 1.86 bits per heavy atom. The van der Waals surface area contributed by atoms with Gasteiger partial charge in [-0.1, -0.05) is 18.1 Å². The molecule has 0 radical (unpaired) electrons. The maximum Gasteiger partial charge on any atom is 0.141 e. The highest BCUT2D eigenvalue weighted by Gasteiger charge is 2.14. The van der Waals surface area contributed by atoms with Gasteiger partial charge in [0.2, 0.25) is 0 Å². The Labute approximate surface area is 129 Å². The van der Waals surface area contributed by atoms with E-state index >= 15 is 0 Å². The lowest BCUT2D eigenvalue weighted by atomic mass is 10.1. The summed E-state index contributed by atoms with van der Waals surface area (Å²) in [7, 11) is 0. The Balaban J connectivity index is 1.74. The first-order valence-electron chi connectivity index (χ1n) is 7.56. The van der Waals surface area contributed by atoms with Crippen molar-refractivity contribution in [2.45, 2.75) is 12.8 Å². The van der Waals surface area contributed by atoms with Crippen molar-refractivity contribution in [2.24, 2.45) is 0 Å². The minimum absolute atomic E-state index is 0.766. The van der Waals surface area contributed by atoms with Crippen LogP contribution in [0.1, 0.15) is 24.1 Å². The van der Waals surface area contributed by atoms with Crippen molar-refractivity contribution in [3.8, 4) is 11.8 Å². The van der Waals surface area contributed by atoms with Crippen molar-refractivity contribution < 1.29 is 0 Å². The largest absolute Gasteiger partial charge is 0.371 e. The van der Waals surface area contributed by atoms with E-state index in [9.17, 15) is 0 Å². The molecule has 0 amide bonds. The van der Waals surface area contributed by atoms with E-state index in [0.717, 1.165) is 35.4 Å². The van der Waals surface area contributed by atoms with E-state index in [1.807, 2.05) is 18.3 Å². The standard InChI is InChI=1S/C18H16N4/c1-2-6-17(22-11-3-4-12-22)14(5-1)7-8-16-15-9-10-19-18(15)21-13-20-16/h1-2,5-6,9-10,13H,3-4,11-12H2,(H,19,20,21). The van der Waals surface area contributed by atoms with Crippen LogP contribution < -0.4 is 4.90 Å². The minimum Gasteiger partial charge on any atom is -0.371 e.